The lowest BCUT2D eigenvalue weighted by Gasteiger charge is -2.24. The number of rotatable bonds is 5. The van der Waals surface area contributed by atoms with E-state index in [4.69, 9.17) is 16.3 Å². The summed E-state index contributed by atoms with van der Waals surface area (Å²) >= 11 is 6.00. The Balaban J connectivity index is 1.40. The van der Waals surface area contributed by atoms with Crippen molar-refractivity contribution in [3.05, 3.63) is 94.5 Å². The molecule has 1 unspecified atom stereocenters. The summed E-state index contributed by atoms with van der Waals surface area (Å²) in [5.41, 5.74) is 4.06. The van der Waals surface area contributed by atoms with Crippen LogP contribution in [0.1, 0.15) is 29.5 Å². The van der Waals surface area contributed by atoms with Gasteiger partial charge < -0.3 is 15.2 Å². The van der Waals surface area contributed by atoms with E-state index in [1.807, 2.05) is 24.3 Å². The second kappa shape index (κ2) is 7.90. The first-order valence-corrected chi connectivity index (χ1v) is 9.91. The van der Waals surface area contributed by atoms with Gasteiger partial charge in [-0.05, 0) is 46.9 Å². The minimum Gasteiger partial charge on any atom is -0.449 e. The van der Waals surface area contributed by atoms with E-state index >= 15 is 0 Å². The number of nitrogens with one attached hydrogen (secondary N) is 1. The molecule has 0 aliphatic heterocycles. The summed E-state index contributed by atoms with van der Waals surface area (Å²) in [4.78, 5) is 12.3. The van der Waals surface area contributed by atoms with Crippen LogP contribution in [0, 0.1) is 0 Å². The number of carbonyl (C=O) groups is 1. The summed E-state index contributed by atoms with van der Waals surface area (Å²) in [6.45, 7) is 1.88. The highest BCUT2D eigenvalue weighted by Crippen LogP contribution is 2.44. The molecule has 1 amide bonds. The normalized spacial score (nSPS) is 14.6. The molecule has 0 heterocycles. The molecule has 2 N–H and O–H groups in total. The molecule has 1 aliphatic rings. The first-order valence-electron chi connectivity index (χ1n) is 9.53. The molecule has 3 aromatic rings. The fourth-order valence-electron chi connectivity index (χ4n) is 3.82. The zero-order valence-corrected chi connectivity index (χ0v) is 16.8. The van der Waals surface area contributed by atoms with Crippen LogP contribution >= 0.6 is 11.6 Å². The molecule has 0 radical (unpaired) electrons. The number of benzene rings is 3. The lowest BCUT2D eigenvalue weighted by atomic mass is 9.96. The SMILES string of the molecule is CC(O)(CNC(=O)OCC1c2ccccc2-c2ccccc21)c1cccc(Cl)c1. The number of hydrogen-bond acceptors (Lipinski definition) is 3. The molecule has 29 heavy (non-hydrogen) atoms. The Morgan fingerprint density at radius 2 is 1.66 bits per heavy atom. The van der Waals surface area contributed by atoms with E-state index in [0.717, 1.165) is 11.1 Å². The highest BCUT2D eigenvalue weighted by Gasteiger charge is 2.29. The van der Waals surface area contributed by atoms with Crippen LogP contribution in [0.5, 0.6) is 0 Å². The van der Waals surface area contributed by atoms with E-state index < -0.39 is 11.7 Å². The van der Waals surface area contributed by atoms with Crippen molar-refractivity contribution in [2.45, 2.75) is 18.4 Å². The van der Waals surface area contributed by atoms with Gasteiger partial charge in [-0.3, -0.25) is 0 Å². The van der Waals surface area contributed by atoms with Crippen molar-refractivity contribution >= 4 is 17.7 Å². The van der Waals surface area contributed by atoms with Crippen molar-refractivity contribution in [1.82, 2.24) is 5.32 Å². The Hall–Kier alpha value is -2.82. The highest BCUT2D eigenvalue weighted by molar-refractivity contribution is 6.30. The van der Waals surface area contributed by atoms with Crippen LogP contribution in [0.2, 0.25) is 5.02 Å². The molecule has 148 valence electrons. The Kier molecular flexibility index (Phi) is 5.31. The molecule has 3 aromatic carbocycles. The summed E-state index contributed by atoms with van der Waals surface area (Å²) in [6.07, 6.45) is -0.561. The third-order valence-electron chi connectivity index (χ3n) is 5.37. The van der Waals surface area contributed by atoms with Gasteiger partial charge in [0.1, 0.15) is 12.2 Å². The second-order valence-corrected chi connectivity index (χ2v) is 7.90. The van der Waals surface area contributed by atoms with Crippen molar-refractivity contribution in [2.24, 2.45) is 0 Å². The molecule has 0 bridgehead atoms. The fourth-order valence-corrected chi connectivity index (χ4v) is 4.01. The summed E-state index contributed by atoms with van der Waals surface area (Å²) in [7, 11) is 0. The first kappa shape index (κ1) is 19.5. The molecule has 0 saturated carbocycles. The quantitative estimate of drug-likeness (QED) is 0.619. The van der Waals surface area contributed by atoms with Gasteiger partial charge in [-0.25, -0.2) is 4.79 Å². The van der Waals surface area contributed by atoms with Gasteiger partial charge in [0.25, 0.3) is 0 Å². The van der Waals surface area contributed by atoms with Gasteiger partial charge in [0.2, 0.25) is 0 Å². The van der Waals surface area contributed by atoms with Crippen LogP contribution < -0.4 is 5.32 Å². The van der Waals surface area contributed by atoms with Gasteiger partial charge in [-0.1, -0.05) is 72.3 Å². The summed E-state index contributed by atoms with van der Waals surface area (Å²) in [5, 5.41) is 13.9. The Labute approximate surface area is 175 Å². The maximum absolute atomic E-state index is 12.3. The molecular formula is C24H22ClNO3. The lowest BCUT2D eigenvalue weighted by Crippen LogP contribution is -2.39. The number of hydrogen-bond donors (Lipinski definition) is 2. The lowest BCUT2D eigenvalue weighted by molar-refractivity contribution is 0.0534. The summed E-state index contributed by atoms with van der Waals surface area (Å²) in [6, 6.07) is 23.3. The Morgan fingerprint density at radius 1 is 1.03 bits per heavy atom. The predicted molar refractivity (Wildman–Crippen MR) is 114 cm³/mol. The average molecular weight is 408 g/mol. The van der Waals surface area contributed by atoms with Crippen LogP contribution in [0.3, 0.4) is 0 Å². The number of alkyl carbamates (subject to hydrolysis) is 1. The van der Waals surface area contributed by atoms with E-state index in [0.29, 0.717) is 10.6 Å². The van der Waals surface area contributed by atoms with Crippen molar-refractivity contribution < 1.29 is 14.6 Å². The first-order chi connectivity index (χ1) is 14.0. The van der Waals surface area contributed by atoms with Gasteiger partial charge in [0, 0.05) is 10.9 Å². The van der Waals surface area contributed by atoms with E-state index in [9.17, 15) is 9.90 Å². The van der Waals surface area contributed by atoms with Crippen molar-refractivity contribution in [1.29, 1.82) is 0 Å². The third-order valence-corrected chi connectivity index (χ3v) is 5.60. The Morgan fingerprint density at radius 3 is 2.28 bits per heavy atom. The number of carbonyl (C=O) groups excluding carboxylic acids is 1. The molecule has 0 saturated heterocycles. The summed E-state index contributed by atoms with van der Waals surface area (Å²) < 4.78 is 5.51. The monoisotopic (exact) mass is 407 g/mol. The average Bonchev–Trinajstić information content (AvgIpc) is 3.05. The van der Waals surface area contributed by atoms with Crippen molar-refractivity contribution in [3.63, 3.8) is 0 Å². The van der Waals surface area contributed by atoms with Gasteiger partial charge in [-0.2, -0.15) is 0 Å². The topological polar surface area (TPSA) is 58.6 Å². The van der Waals surface area contributed by atoms with E-state index in [1.54, 1.807) is 31.2 Å². The largest absolute Gasteiger partial charge is 0.449 e. The van der Waals surface area contributed by atoms with E-state index in [-0.39, 0.29) is 19.1 Å². The maximum Gasteiger partial charge on any atom is 0.407 e. The zero-order chi connectivity index (χ0) is 20.4. The number of halogens is 1. The Bertz CT molecular complexity index is 1000. The van der Waals surface area contributed by atoms with Crippen LogP contribution in [0.25, 0.3) is 11.1 Å². The number of ether oxygens (including phenoxy) is 1. The molecule has 4 nitrogen and oxygen atoms in total. The molecule has 0 aromatic heterocycles. The smallest absolute Gasteiger partial charge is 0.407 e. The van der Waals surface area contributed by atoms with Crippen molar-refractivity contribution in [2.75, 3.05) is 13.2 Å². The maximum atomic E-state index is 12.3. The molecule has 1 atom stereocenters. The highest BCUT2D eigenvalue weighted by atomic mass is 35.5. The molecular weight excluding hydrogens is 386 g/mol. The van der Waals surface area contributed by atoms with Crippen LogP contribution in [0.4, 0.5) is 4.79 Å². The zero-order valence-electron chi connectivity index (χ0n) is 16.1. The molecule has 5 heteroatoms. The standard InChI is InChI=1S/C24H22ClNO3/c1-24(28,16-7-6-8-17(25)13-16)15-26-23(27)29-14-22-20-11-4-2-9-18(20)19-10-3-5-12-21(19)22/h2-13,22,28H,14-15H2,1H3,(H,26,27). The number of aliphatic hydroxyl groups is 1. The number of amides is 1. The number of fused-ring (bicyclic) bond motifs is 3. The molecule has 4 rings (SSSR count). The van der Waals surface area contributed by atoms with E-state index in [2.05, 4.69) is 29.6 Å². The van der Waals surface area contributed by atoms with Gasteiger partial charge >= 0.3 is 6.09 Å². The van der Waals surface area contributed by atoms with Crippen molar-refractivity contribution in [3.8, 4) is 11.1 Å². The van der Waals surface area contributed by atoms with Crippen LogP contribution in [-0.4, -0.2) is 24.4 Å². The minimum atomic E-state index is -1.25. The summed E-state index contributed by atoms with van der Waals surface area (Å²) in [5.74, 6) is 0.00147. The fraction of sp³-hybridized carbons (Fsp3) is 0.208. The predicted octanol–water partition coefficient (Wildman–Crippen LogP) is 5.09. The van der Waals surface area contributed by atoms with Gasteiger partial charge in [-0.15, -0.1) is 0 Å². The minimum absolute atomic E-state index is 0.00147. The molecule has 0 fully saturated rings. The van der Waals surface area contributed by atoms with Crippen LogP contribution in [-0.2, 0) is 10.3 Å². The second-order valence-electron chi connectivity index (χ2n) is 7.46. The molecule has 0 spiro atoms. The van der Waals surface area contributed by atoms with Crippen LogP contribution in [0.15, 0.2) is 72.8 Å². The molecule has 1 aliphatic carbocycles. The van der Waals surface area contributed by atoms with Gasteiger partial charge in [0.05, 0.1) is 6.54 Å². The van der Waals surface area contributed by atoms with Gasteiger partial charge in [0.15, 0.2) is 0 Å². The third kappa shape index (κ3) is 4.00. The van der Waals surface area contributed by atoms with E-state index in [1.165, 1.54) is 11.1 Å².